The number of hydrogen-bond donors (Lipinski definition) is 2. The van der Waals surface area contributed by atoms with Crippen molar-refractivity contribution in [3.05, 3.63) is 18.2 Å². The molecule has 0 unspecified atom stereocenters. The lowest BCUT2D eigenvalue weighted by Crippen LogP contribution is -2.01. The molecule has 0 saturated heterocycles. The van der Waals surface area contributed by atoms with Gasteiger partial charge in [-0.1, -0.05) is 5.16 Å². The number of aromatic amines is 1. The van der Waals surface area contributed by atoms with Gasteiger partial charge in [0.15, 0.2) is 0 Å². The average Bonchev–Trinajstić information content (AvgIpc) is 2.70. The molecule has 0 atom stereocenters. The Morgan fingerprint density at radius 1 is 1.57 bits per heavy atom. The van der Waals surface area contributed by atoms with Gasteiger partial charge in [-0.25, -0.2) is 0 Å². The smallest absolute Gasteiger partial charge is 0.309 e. The predicted molar refractivity (Wildman–Crippen MR) is 43.2 cm³/mol. The summed E-state index contributed by atoms with van der Waals surface area (Å²) in [6.07, 6.45) is 2.64. The molecule has 0 bridgehead atoms. The minimum absolute atomic E-state index is 0.184. The van der Waals surface area contributed by atoms with Gasteiger partial charge in [-0.05, 0) is 0 Å². The van der Waals surface area contributed by atoms with Gasteiger partial charge < -0.3 is 9.63 Å². The van der Waals surface area contributed by atoms with E-state index in [-0.39, 0.29) is 6.42 Å². The molecule has 0 aliphatic carbocycles. The predicted octanol–water partition coefficient (Wildman–Crippen LogP) is 0.0868. The molecule has 0 aromatic carbocycles. The molecule has 2 aromatic rings. The van der Waals surface area contributed by atoms with E-state index in [1.54, 1.807) is 0 Å². The number of H-pyrrole nitrogens is 1. The number of aromatic nitrogens is 4. The molecular weight excluding hydrogens is 188 g/mol. The molecule has 2 aromatic heterocycles. The Morgan fingerprint density at radius 3 is 3.07 bits per heavy atom. The molecular formula is C7H6N4O3. The molecule has 72 valence electrons. The highest BCUT2D eigenvalue weighted by molar-refractivity contribution is 5.73. The summed E-state index contributed by atoms with van der Waals surface area (Å²) in [7, 11) is 0. The van der Waals surface area contributed by atoms with E-state index in [4.69, 9.17) is 5.11 Å². The summed E-state index contributed by atoms with van der Waals surface area (Å²) in [4.78, 5) is 10.5. The molecule has 0 saturated carbocycles. The third kappa shape index (κ3) is 1.47. The highest BCUT2D eigenvalue weighted by Crippen LogP contribution is 2.18. The summed E-state index contributed by atoms with van der Waals surface area (Å²) in [5.74, 6) is -0.961. The van der Waals surface area contributed by atoms with E-state index in [1.807, 2.05) is 0 Å². The van der Waals surface area contributed by atoms with Crippen molar-refractivity contribution in [1.82, 2.24) is 20.6 Å². The Hall–Kier alpha value is -2.18. The monoisotopic (exact) mass is 194 g/mol. The van der Waals surface area contributed by atoms with Crippen molar-refractivity contribution in [1.29, 1.82) is 0 Å². The molecule has 7 nitrogen and oxygen atoms in total. The van der Waals surface area contributed by atoms with Crippen LogP contribution in [0, 0.1) is 0 Å². The van der Waals surface area contributed by atoms with Crippen LogP contribution in [0.4, 0.5) is 0 Å². The van der Waals surface area contributed by atoms with Crippen molar-refractivity contribution >= 4 is 5.97 Å². The van der Waals surface area contributed by atoms with Gasteiger partial charge in [-0.3, -0.25) is 4.79 Å². The number of aliphatic carboxylic acids is 1. The number of carbonyl (C=O) groups is 1. The van der Waals surface area contributed by atoms with E-state index in [2.05, 4.69) is 25.1 Å². The van der Waals surface area contributed by atoms with Crippen molar-refractivity contribution in [2.24, 2.45) is 0 Å². The van der Waals surface area contributed by atoms with E-state index in [1.165, 1.54) is 12.5 Å². The number of nitrogens with one attached hydrogen (secondary N) is 1. The molecule has 2 rings (SSSR count). The van der Waals surface area contributed by atoms with E-state index in [0.29, 0.717) is 17.0 Å². The third-order valence-corrected chi connectivity index (χ3v) is 1.64. The highest BCUT2D eigenvalue weighted by Gasteiger charge is 2.14. The molecule has 0 aliphatic rings. The van der Waals surface area contributed by atoms with Crippen molar-refractivity contribution in [2.75, 3.05) is 0 Å². The van der Waals surface area contributed by atoms with Gasteiger partial charge >= 0.3 is 5.97 Å². The molecule has 0 spiro atoms. The molecule has 2 N–H and O–H groups in total. The Morgan fingerprint density at radius 2 is 2.43 bits per heavy atom. The Kier molecular flexibility index (Phi) is 1.98. The van der Waals surface area contributed by atoms with Gasteiger partial charge in [-0.15, -0.1) is 0 Å². The number of hydrogen-bond acceptors (Lipinski definition) is 5. The number of carboxylic acids is 1. The van der Waals surface area contributed by atoms with Crippen LogP contribution in [-0.2, 0) is 11.2 Å². The zero-order valence-corrected chi connectivity index (χ0v) is 6.97. The van der Waals surface area contributed by atoms with Gasteiger partial charge in [0, 0.05) is 0 Å². The van der Waals surface area contributed by atoms with Crippen LogP contribution < -0.4 is 0 Å². The Labute approximate surface area is 77.7 Å². The second-order valence-corrected chi connectivity index (χ2v) is 2.60. The van der Waals surface area contributed by atoms with Crippen LogP contribution in [0.2, 0.25) is 0 Å². The maximum atomic E-state index is 10.5. The third-order valence-electron chi connectivity index (χ3n) is 1.64. The van der Waals surface area contributed by atoms with E-state index in [9.17, 15) is 4.79 Å². The number of rotatable bonds is 3. The zero-order valence-electron chi connectivity index (χ0n) is 6.97. The van der Waals surface area contributed by atoms with Crippen LogP contribution in [0.3, 0.4) is 0 Å². The van der Waals surface area contributed by atoms with Crippen molar-refractivity contribution in [3.63, 3.8) is 0 Å². The topological polar surface area (TPSA) is 105 Å². The zero-order chi connectivity index (χ0) is 9.97. The lowest BCUT2D eigenvalue weighted by atomic mass is 10.2. The maximum Gasteiger partial charge on any atom is 0.309 e. The van der Waals surface area contributed by atoms with Crippen LogP contribution in [-0.4, -0.2) is 31.6 Å². The fourth-order valence-corrected chi connectivity index (χ4v) is 1.07. The second kappa shape index (κ2) is 3.29. The van der Waals surface area contributed by atoms with Crippen LogP contribution in [0.1, 0.15) is 5.69 Å². The van der Waals surface area contributed by atoms with Gasteiger partial charge in [0.1, 0.15) is 17.7 Å². The molecule has 0 aliphatic heterocycles. The molecule has 2 heterocycles. The molecule has 14 heavy (non-hydrogen) atoms. The summed E-state index contributed by atoms with van der Waals surface area (Å²) in [5, 5.41) is 22.0. The van der Waals surface area contributed by atoms with E-state index in [0.717, 1.165) is 0 Å². The highest BCUT2D eigenvalue weighted by atomic mass is 16.5. The summed E-state index contributed by atoms with van der Waals surface area (Å²) in [6, 6.07) is 0. The summed E-state index contributed by atoms with van der Waals surface area (Å²) in [6.45, 7) is 0. The SMILES string of the molecule is O=C(O)Cc1n[nH]nc1-c1cnoc1. The first-order valence-corrected chi connectivity index (χ1v) is 3.78. The van der Waals surface area contributed by atoms with E-state index >= 15 is 0 Å². The lowest BCUT2D eigenvalue weighted by molar-refractivity contribution is -0.136. The first kappa shape index (κ1) is 8.42. The van der Waals surface area contributed by atoms with Gasteiger partial charge in [-0.2, -0.15) is 15.4 Å². The van der Waals surface area contributed by atoms with Crippen molar-refractivity contribution < 1.29 is 14.4 Å². The van der Waals surface area contributed by atoms with Crippen LogP contribution in [0.5, 0.6) is 0 Å². The van der Waals surface area contributed by atoms with Gasteiger partial charge in [0.2, 0.25) is 0 Å². The minimum Gasteiger partial charge on any atom is -0.481 e. The normalized spacial score (nSPS) is 10.3. The van der Waals surface area contributed by atoms with Crippen LogP contribution >= 0.6 is 0 Å². The van der Waals surface area contributed by atoms with Crippen LogP contribution in [0.25, 0.3) is 11.3 Å². The molecule has 0 radical (unpaired) electrons. The second-order valence-electron chi connectivity index (χ2n) is 2.60. The average molecular weight is 194 g/mol. The Bertz CT molecular complexity index is 433. The minimum atomic E-state index is -0.961. The number of carboxylic acid groups (broad SMARTS) is 1. The van der Waals surface area contributed by atoms with Crippen molar-refractivity contribution in [2.45, 2.75) is 6.42 Å². The molecule has 7 heteroatoms. The first-order chi connectivity index (χ1) is 6.77. The van der Waals surface area contributed by atoms with Gasteiger partial charge in [0.05, 0.1) is 18.2 Å². The van der Waals surface area contributed by atoms with Crippen molar-refractivity contribution in [3.8, 4) is 11.3 Å². The summed E-state index contributed by atoms with van der Waals surface area (Å²) >= 11 is 0. The van der Waals surface area contributed by atoms with Crippen LogP contribution in [0.15, 0.2) is 17.0 Å². The van der Waals surface area contributed by atoms with Gasteiger partial charge in [0.25, 0.3) is 0 Å². The molecule has 0 fully saturated rings. The summed E-state index contributed by atoms with van der Waals surface area (Å²) < 4.78 is 4.62. The fourth-order valence-electron chi connectivity index (χ4n) is 1.07. The fraction of sp³-hybridized carbons (Fsp3) is 0.143. The Balaban J connectivity index is 2.35. The maximum absolute atomic E-state index is 10.5. The molecule has 0 amide bonds. The largest absolute Gasteiger partial charge is 0.481 e. The van der Waals surface area contributed by atoms with E-state index < -0.39 is 5.97 Å². The first-order valence-electron chi connectivity index (χ1n) is 3.78. The lowest BCUT2D eigenvalue weighted by Gasteiger charge is -1.91. The summed E-state index contributed by atoms with van der Waals surface area (Å²) in [5.41, 5.74) is 1.42. The quantitative estimate of drug-likeness (QED) is 0.717. The number of nitrogens with zero attached hydrogens (tertiary/aromatic N) is 3. The standard InChI is InChI=1S/C7H6N4O3/c12-6(13)1-5-7(10-11-9-5)4-2-8-14-3-4/h2-3H,1H2,(H,12,13)(H,9,10,11).